The molecule has 2 rings (SSSR count). The minimum absolute atomic E-state index is 0.136. The zero-order valence-corrected chi connectivity index (χ0v) is 11.7. The van der Waals surface area contributed by atoms with E-state index in [2.05, 4.69) is 21.9 Å². The van der Waals surface area contributed by atoms with E-state index in [1.807, 2.05) is 12.1 Å². The lowest BCUT2D eigenvalue weighted by Gasteiger charge is -2.37. The second-order valence-corrected chi connectivity index (χ2v) is 4.78. The Hall–Kier alpha value is -1.30. The fourth-order valence-electron chi connectivity index (χ4n) is 2.33. The molecule has 106 valence electrons. The Balaban J connectivity index is 1.83. The summed E-state index contributed by atoms with van der Waals surface area (Å²) in [6.07, 6.45) is -0.136. The number of nitrogens with two attached hydrogens (primary N) is 1. The molecule has 2 N–H and O–H groups in total. The molecule has 1 aliphatic rings. The van der Waals surface area contributed by atoms with Gasteiger partial charge in [0.1, 0.15) is 0 Å². The summed E-state index contributed by atoms with van der Waals surface area (Å²) in [6.45, 7) is 4.90. The van der Waals surface area contributed by atoms with Crippen LogP contribution in [0.3, 0.4) is 0 Å². The molecule has 1 fully saturated rings. The van der Waals surface area contributed by atoms with Crippen LogP contribution in [-0.4, -0.2) is 58.1 Å². The Labute approximate surface area is 114 Å². The number of rotatable bonds is 5. The maximum atomic E-state index is 5.71. The third-order valence-corrected chi connectivity index (χ3v) is 3.56. The van der Waals surface area contributed by atoms with Crippen molar-refractivity contribution in [2.24, 2.45) is 0 Å². The summed E-state index contributed by atoms with van der Waals surface area (Å²) in [7, 11) is 3.36. The number of ether oxygens (including phenoxy) is 2. The van der Waals surface area contributed by atoms with Gasteiger partial charge in [-0.1, -0.05) is 0 Å². The summed E-state index contributed by atoms with van der Waals surface area (Å²) in [5, 5.41) is 0. The van der Waals surface area contributed by atoms with Crippen LogP contribution in [0.1, 0.15) is 0 Å². The number of methoxy groups -OCH3 is 2. The summed E-state index contributed by atoms with van der Waals surface area (Å²) in [4.78, 5) is 4.75. The van der Waals surface area contributed by atoms with Gasteiger partial charge in [0.25, 0.3) is 0 Å². The number of benzene rings is 1. The first-order chi connectivity index (χ1) is 9.22. The molecule has 19 heavy (non-hydrogen) atoms. The van der Waals surface area contributed by atoms with E-state index in [9.17, 15) is 0 Å². The van der Waals surface area contributed by atoms with Crippen molar-refractivity contribution in [2.75, 3.05) is 57.6 Å². The predicted octanol–water partition coefficient (Wildman–Crippen LogP) is 1.01. The number of piperazine rings is 1. The highest BCUT2D eigenvalue weighted by Crippen LogP contribution is 2.18. The molecule has 5 nitrogen and oxygen atoms in total. The average Bonchev–Trinajstić information content (AvgIpc) is 2.46. The largest absolute Gasteiger partial charge is 0.399 e. The van der Waals surface area contributed by atoms with Crippen LogP contribution in [0.25, 0.3) is 0 Å². The van der Waals surface area contributed by atoms with E-state index < -0.39 is 0 Å². The molecular weight excluding hydrogens is 242 g/mol. The zero-order chi connectivity index (χ0) is 13.7. The fourth-order valence-corrected chi connectivity index (χ4v) is 2.33. The molecule has 0 unspecified atom stereocenters. The lowest BCUT2D eigenvalue weighted by atomic mass is 10.2. The third kappa shape index (κ3) is 3.83. The lowest BCUT2D eigenvalue weighted by molar-refractivity contribution is -0.116. The van der Waals surface area contributed by atoms with Crippen molar-refractivity contribution >= 4 is 11.4 Å². The topological polar surface area (TPSA) is 51.0 Å². The second-order valence-electron chi connectivity index (χ2n) is 4.78. The number of hydrogen-bond donors (Lipinski definition) is 1. The molecule has 0 atom stereocenters. The van der Waals surface area contributed by atoms with Crippen LogP contribution < -0.4 is 10.6 Å². The minimum Gasteiger partial charge on any atom is -0.399 e. The van der Waals surface area contributed by atoms with E-state index in [1.165, 1.54) is 5.69 Å². The molecule has 1 aliphatic heterocycles. The Morgan fingerprint density at radius 1 is 1.05 bits per heavy atom. The van der Waals surface area contributed by atoms with E-state index >= 15 is 0 Å². The summed E-state index contributed by atoms with van der Waals surface area (Å²) in [5.41, 5.74) is 7.76. The van der Waals surface area contributed by atoms with Gasteiger partial charge in [-0.05, 0) is 24.3 Å². The number of hydrogen-bond acceptors (Lipinski definition) is 5. The highest BCUT2D eigenvalue weighted by molar-refractivity contribution is 5.53. The normalized spacial score (nSPS) is 17.1. The van der Waals surface area contributed by atoms with Crippen LogP contribution in [0.5, 0.6) is 0 Å². The molecule has 0 aromatic heterocycles. The Bertz CT molecular complexity index is 371. The van der Waals surface area contributed by atoms with Crippen molar-refractivity contribution in [1.29, 1.82) is 0 Å². The second kappa shape index (κ2) is 6.75. The maximum absolute atomic E-state index is 5.71. The van der Waals surface area contributed by atoms with Crippen molar-refractivity contribution in [3.05, 3.63) is 24.3 Å². The molecule has 0 radical (unpaired) electrons. The summed E-state index contributed by atoms with van der Waals surface area (Å²) >= 11 is 0. The molecule has 0 bridgehead atoms. The molecule has 1 aromatic rings. The van der Waals surface area contributed by atoms with Gasteiger partial charge in [0.05, 0.1) is 0 Å². The number of nitrogens with zero attached hydrogens (tertiary/aromatic N) is 2. The van der Waals surface area contributed by atoms with Crippen molar-refractivity contribution in [2.45, 2.75) is 6.29 Å². The number of nitrogen functional groups attached to an aromatic ring is 1. The van der Waals surface area contributed by atoms with Crippen LogP contribution in [0.2, 0.25) is 0 Å². The Morgan fingerprint density at radius 2 is 1.63 bits per heavy atom. The van der Waals surface area contributed by atoms with Crippen LogP contribution in [0, 0.1) is 0 Å². The van der Waals surface area contributed by atoms with Gasteiger partial charge in [0.2, 0.25) is 0 Å². The molecule has 5 heteroatoms. The average molecular weight is 265 g/mol. The van der Waals surface area contributed by atoms with Crippen molar-refractivity contribution in [3.8, 4) is 0 Å². The molecule has 1 aromatic carbocycles. The SMILES string of the molecule is COC(CN1CCN(c2ccc(N)cc2)CC1)OC. The summed E-state index contributed by atoms with van der Waals surface area (Å²) < 4.78 is 10.5. The summed E-state index contributed by atoms with van der Waals surface area (Å²) in [5.74, 6) is 0. The zero-order valence-electron chi connectivity index (χ0n) is 11.7. The molecule has 0 amide bonds. The highest BCUT2D eigenvalue weighted by Gasteiger charge is 2.19. The first kappa shape index (κ1) is 14.1. The van der Waals surface area contributed by atoms with E-state index in [4.69, 9.17) is 15.2 Å². The van der Waals surface area contributed by atoms with E-state index in [1.54, 1.807) is 14.2 Å². The minimum atomic E-state index is -0.136. The van der Waals surface area contributed by atoms with Crippen LogP contribution in [-0.2, 0) is 9.47 Å². The van der Waals surface area contributed by atoms with E-state index in [0.717, 1.165) is 38.4 Å². The van der Waals surface area contributed by atoms with Crippen molar-refractivity contribution in [1.82, 2.24) is 4.90 Å². The quantitative estimate of drug-likeness (QED) is 0.636. The highest BCUT2D eigenvalue weighted by atomic mass is 16.7. The fraction of sp³-hybridized carbons (Fsp3) is 0.571. The molecular formula is C14H23N3O2. The molecule has 1 saturated heterocycles. The molecule has 0 saturated carbocycles. The van der Waals surface area contributed by atoms with Gasteiger partial charge in [-0.3, -0.25) is 4.90 Å². The molecule has 0 spiro atoms. The third-order valence-electron chi connectivity index (χ3n) is 3.56. The van der Waals surface area contributed by atoms with E-state index in [-0.39, 0.29) is 6.29 Å². The Kier molecular flexibility index (Phi) is 5.01. The van der Waals surface area contributed by atoms with Gasteiger partial charge in [-0.2, -0.15) is 0 Å². The monoisotopic (exact) mass is 265 g/mol. The molecule has 0 aliphatic carbocycles. The van der Waals surface area contributed by atoms with Gasteiger partial charge in [0.15, 0.2) is 6.29 Å². The van der Waals surface area contributed by atoms with Gasteiger partial charge < -0.3 is 20.1 Å². The van der Waals surface area contributed by atoms with Crippen LogP contribution >= 0.6 is 0 Å². The van der Waals surface area contributed by atoms with Gasteiger partial charge in [-0.15, -0.1) is 0 Å². The van der Waals surface area contributed by atoms with Crippen molar-refractivity contribution < 1.29 is 9.47 Å². The van der Waals surface area contributed by atoms with Gasteiger partial charge in [-0.25, -0.2) is 0 Å². The lowest BCUT2D eigenvalue weighted by Crippen LogP contribution is -2.49. The standard InChI is InChI=1S/C14H23N3O2/c1-18-14(19-2)11-16-7-9-17(10-8-16)13-5-3-12(15)4-6-13/h3-6,14H,7-11,15H2,1-2H3. The maximum Gasteiger partial charge on any atom is 0.169 e. The van der Waals surface area contributed by atoms with Gasteiger partial charge >= 0.3 is 0 Å². The van der Waals surface area contributed by atoms with Crippen molar-refractivity contribution in [3.63, 3.8) is 0 Å². The first-order valence-corrected chi connectivity index (χ1v) is 6.61. The number of anilines is 2. The van der Waals surface area contributed by atoms with Crippen LogP contribution in [0.15, 0.2) is 24.3 Å². The van der Waals surface area contributed by atoms with Crippen LogP contribution in [0.4, 0.5) is 11.4 Å². The van der Waals surface area contributed by atoms with Gasteiger partial charge in [0, 0.05) is 58.3 Å². The first-order valence-electron chi connectivity index (χ1n) is 6.61. The van der Waals surface area contributed by atoms with E-state index in [0.29, 0.717) is 0 Å². The predicted molar refractivity (Wildman–Crippen MR) is 77.3 cm³/mol. The Morgan fingerprint density at radius 3 is 2.16 bits per heavy atom. The smallest absolute Gasteiger partial charge is 0.169 e. The molecule has 1 heterocycles. The summed E-state index contributed by atoms with van der Waals surface area (Å²) in [6, 6.07) is 8.07.